The molecule has 4 rings (SSSR count). The molecular formula is C21H16O2. The lowest BCUT2D eigenvalue weighted by molar-refractivity contribution is 0.123. The fourth-order valence-electron chi connectivity index (χ4n) is 2.80. The molecule has 0 heterocycles. The van der Waals surface area contributed by atoms with Gasteiger partial charge in [0.05, 0.1) is 0 Å². The van der Waals surface area contributed by atoms with Gasteiger partial charge in [0.15, 0.2) is 0 Å². The van der Waals surface area contributed by atoms with E-state index in [1.807, 2.05) is 48.5 Å². The van der Waals surface area contributed by atoms with Gasteiger partial charge in [0.2, 0.25) is 6.79 Å². The predicted octanol–water partition coefficient (Wildman–Crippen LogP) is 5.41. The van der Waals surface area contributed by atoms with Crippen molar-refractivity contribution < 1.29 is 9.47 Å². The quantitative estimate of drug-likeness (QED) is 0.469. The van der Waals surface area contributed by atoms with Crippen LogP contribution in [0.3, 0.4) is 0 Å². The SMILES string of the molecule is c1ccc2c(OCOc3cccc4ccccc34)cccc2c1. The number of hydrogen-bond acceptors (Lipinski definition) is 2. The van der Waals surface area contributed by atoms with E-state index in [1.54, 1.807) is 0 Å². The van der Waals surface area contributed by atoms with Crippen molar-refractivity contribution in [3.63, 3.8) is 0 Å². The van der Waals surface area contributed by atoms with Gasteiger partial charge in [0.1, 0.15) is 11.5 Å². The molecule has 0 aliphatic rings. The number of rotatable bonds is 4. The molecule has 0 amide bonds. The van der Waals surface area contributed by atoms with E-state index in [9.17, 15) is 0 Å². The molecule has 0 radical (unpaired) electrons. The predicted molar refractivity (Wildman–Crippen MR) is 94.0 cm³/mol. The number of fused-ring (bicyclic) bond motifs is 2. The van der Waals surface area contributed by atoms with Gasteiger partial charge in [0.25, 0.3) is 0 Å². The molecule has 0 spiro atoms. The van der Waals surface area contributed by atoms with E-state index in [-0.39, 0.29) is 6.79 Å². The highest BCUT2D eigenvalue weighted by atomic mass is 16.7. The Morgan fingerprint density at radius 2 is 0.913 bits per heavy atom. The first-order valence-corrected chi connectivity index (χ1v) is 7.63. The lowest BCUT2D eigenvalue weighted by atomic mass is 10.1. The minimum absolute atomic E-state index is 0.183. The standard InChI is InChI=1S/C21H16O2/c1-3-11-18-16(7-1)9-5-13-20(18)22-15-23-21-14-6-10-17-8-2-4-12-19(17)21/h1-14H,15H2. The van der Waals surface area contributed by atoms with Crippen molar-refractivity contribution >= 4 is 21.5 Å². The van der Waals surface area contributed by atoms with Crippen LogP contribution in [0.1, 0.15) is 0 Å². The summed E-state index contributed by atoms with van der Waals surface area (Å²) in [5, 5.41) is 4.51. The smallest absolute Gasteiger partial charge is 0.230 e. The van der Waals surface area contributed by atoms with Gasteiger partial charge < -0.3 is 9.47 Å². The van der Waals surface area contributed by atoms with Crippen molar-refractivity contribution in [2.75, 3.05) is 6.79 Å². The third-order valence-corrected chi connectivity index (χ3v) is 3.93. The first-order chi connectivity index (χ1) is 11.4. The molecule has 0 fully saturated rings. The third-order valence-electron chi connectivity index (χ3n) is 3.93. The van der Waals surface area contributed by atoms with Gasteiger partial charge in [-0.2, -0.15) is 0 Å². The molecule has 0 atom stereocenters. The maximum atomic E-state index is 5.85. The van der Waals surface area contributed by atoms with Crippen LogP contribution in [-0.2, 0) is 0 Å². The molecule has 4 aromatic rings. The van der Waals surface area contributed by atoms with Crippen LogP contribution in [0.2, 0.25) is 0 Å². The van der Waals surface area contributed by atoms with Gasteiger partial charge in [-0.25, -0.2) is 0 Å². The molecular weight excluding hydrogens is 284 g/mol. The van der Waals surface area contributed by atoms with E-state index < -0.39 is 0 Å². The molecule has 0 aromatic heterocycles. The Labute approximate surface area is 134 Å². The molecule has 0 saturated heterocycles. The van der Waals surface area contributed by atoms with Gasteiger partial charge in [-0.1, -0.05) is 72.8 Å². The van der Waals surface area contributed by atoms with E-state index in [2.05, 4.69) is 36.4 Å². The van der Waals surface area contributed by atoms with Crippen molar-refractivity contribution in [3.05, 3.63) is 84.9 Å². The summed E-state index contributed by atoms with van der Waals surface area (Å²) in [7, 11) is 0. The summed E-state index contributed by atoms with van der Waals surface area (Å²) in [5.74, 6) is 1.67. The van der Waals surface area contributed by atoms with Crippen LogP contribution in [0.5, 0.6) is 11.5 Å². The fraction of sp³-hybridized carbons (Fsp3) is 0.0476. The Morgan fingerprint density at radius 1 is 0.478 bits per heavy atom. The second-order valence-corrected chi connectivity index (χ2v) is 5.36. The van der Waals surface area contributed by atoms with E-state index in [4.69, 9.17) is 9.47 Å². The van der Waals surface area contributed by atoms with E-state index in [1.165, 1.54) is 0 Å². The number of hydrogen-bond donors (Lipinski definition) is 0. The van der Waals surface area contributed by atoms with Crippen LogP contribution < -0.4 is 9.47 Å². The van der Waals surface area contributed by atoms with Gasteiger partial charge in [-0.15, -0.1) is 0 Å². The van der Waals surface area contributed by atoms with Crippen LogP contribution >= 0.6 is 0 Å². The molecule has 23 heavy (non-hydrogen) atoms. The zero-order valence-corrected chi connectivity index (χ0v) is 12.6. The van der Waals surface area contributed by atoms with Crippen molar-refractivity contribution in [3.8, 4) is 11.5 Å². The maximum absolute atomic E-state index is 5.85. The van der Waals surface area contributed by atoms with Crippen molar-refractivity contribution in [2.24, 2.45) is 0 Å². The van der Waals surface area contributed by atoms with Gasteiger partial charge >= 0.3 is 0 Å². The Bertz CT molecular complexity index is 870. The fourth-order valence-corrected chi connectivity index (χ4v) is 2.80. The monoisotopic (exact) mass is 300 g/mol. The zero-order chi connectivity index (χ0) is 15.5. The molecule has 0 saturated carbocycles. The first-order valence-electron chi connectivity index (χ1n) is 7.63. The van der Waals surface area contributed by atoms with Gasteiger partial charge in [0, 0.05) is 10.8 Å². The molecule has 0 bridgehead atoms. The highest BCUT2D eigenvalue weighted by Crippen LogP contribution is 2.27. The van der Waals surface area contributed by atoms with E-state index in [0.717, 1.165) is 33.0 Å². The summed E-state index contributed by atoms with van der Waals surface area (Å²) in [6.45, 7) is 0.183. The number of ether oxygens (including phenoxy) is 2. The van der Waals surface area contributed by atoms with Gasteiger partial charge in [-0.05, 0) is 22.9 Å². The summed E-state index contributed by atoms with van der Waals surface area (Å²) < 4.78 is 11.7. The molecule has 0 aliphatic carbocycles. The van der Waals surface area contributed by atoms with Crippen molar-refractivity contribution in [1.29, 1.82) is 0 Å². The molecule has 112 valence electrons. The Kier molecular flexibility index (Phi) is 3.57. The van der Waals surface area contributed by atoms with Crippen LogP contribution in [0.4, 0.5) is 0 Å². The highest BCUT2D eigenvalue weighted by molar-refractivity contribution is 5.89. The summed E-state index contributed by atoms with van der Waals surface area (Å²) in [6.07, 6.45) is 0. The highest BCUT2D eigenvalue weighted by Gasteiger charge is 2.03. The molecule has 2 nitrogen and oxygen atoms in total. The van der Waals surface area contributed by atoms with Gasteiger partial charge in [-0.3, -0.25) is 0 Å². The molecule has 0 aliphatic heterocycles. The molecule has 4 aromatic carbocycles. The maximum Gasteiger partial charge on any atom is 0.230 e. The van der Waals surface area contributed by atoms with E-state index >= 15 is 0 Å². The second-order valence-electron chi connectivity index (χ2n) is 5.36. The largest absolute Gasteiger partial charge is 0.457 e. The average Bonchev–Trinajstić information content (AvgIpc) is 2.62. The summed E-state index contributed by atoms with van der Waals surface area (Å²) in [6, 6.07) is 28.4. The minimum atomic E-state index is 0.183. The first kappa shape index (κ1) is 13.6. The lowest BCUT2D eigenvalue weighted by Gasteiger charge is -2.12. The average molecular weight is 300 g/mol. The summed E-state index contributed by atoms with van der Waals surface area (Å²) >= 11 is 0. The lowest BCUT2D eigenvalue weighted by Crippen LogP contribution is -2.06. The van der Waals surface area contributed by atoms with Crippen LogP contribution in [0.25, 0.3) is 21.5 Å². The third kappa shape index (κ3) is 2.71. The molecule has 2 heteroatoms. The Hall–Kier alpha value is -3.00. The van der Waals surface area contributed by atoms with Crippen LogP contribution in [0.15, 0.2) is 84.9 Å². The zero-order valence-electron chi connectivity index (χ0n) is 12.6. The molecule has 0 unspecified atom stereocenters. The number of benzene rings is 4. The van der Waals surface area contributed by atoms with E-state index in [0.29, 0.717) is 0 Å². The van der Waals surface area contributed by atoms with Crippen LogP contribution in [-0.4, -0.2) is 6.79 Å². The second kappa shape index (κ2) is 6.01. The summed E-state index contributed by atoms with van der Waals surface area (Å²) in [4.78, 5) is 0. The van der Waals surface area contributed by atoms with Crippen LogP contribution in [0, 0.1) is 0 Å². The summed E-state index contributed by atoms with van der Waals surface area (Å²) in [5.41, 5.74) is 0. The normalized spacial score (nSPS) is 10.8. The molecule has 0 N–H and O–H groups in total. The Morgan fingerprint density at radius 3 is 1.43 bits per heavy atom. The Balaban J connectivity index is 1.55. The van der Waals surface area contributed by atoms with Crippen molar-refractivity contribution in [1.82, 2.24) is 0 Å². The van der Waals surface area contributed by atoms with Crippen molar-refractivity contribution in [2.45, 2.75) is 0 Å². The minimum Gasteiger partial charge on any atom is -0.457 e. The topological polar surface area (TPSA) is 18.5 Å².